The predicted molar refractivity (Wildman–Crippen MR) is 316 cm³/mol. The zero-order chi connectivity index (χ0) is 61.7. The Morgan fingerprint density at radius 2 is 1.40 bits per heavy atom. The molecule has 0 radical (unpaired) electrons. The number of fused-ring (bicyclic) bond motifs is 1. The van der Waals surface area contributed by atoms with E-state index < -0.39 is 35.6 Å². The molecule has 0 spiro atoms. The highest BCUT2D eigenvalue weighted by molar-refractivity contribution is 6.04. The predicted octanol–water partition coefficient (Wildman–Crippen LogP) is 1.69. The molecule has 4 heterocycles. The number of aromatic nitrogens is 6. The fourth-order valence-corrected chi connectivity index (χ4v) is 8.76. The number of nitrogens with one attached hydrogen (secondary N) is 4. The number of hydrazine groups is 1. The van der Waals surface area contributed by atoms with Gasteiger partial charge in [0.25, 0.3) is 11.8 Å². The molecule has 2 unspecified atom stereocenters. The molecule has 0 saturated heterocycles. The number of primary amides is 2. The van der Waals surface area contributed by atoms with Gasteiger partial charge in [-0.25, -0.2) is 9.97 Å². The molecule has 85 heavy (non-hydrogen) atoms. The number of hydrazone groups is 1. The number of aliphatic hydroxyl groups excluding tert-OH is 1. The fraction of sp³-hybridized carbons (Fsp3) is 0.544. The van der Waals surface area contributed by atoms with Gasteiger partial charge in [-0.05, 0) is 83.4 Å². The third-order valence-electron chi connectivity index (χ3n) is 13.1. The van der Waals surface area contributed by atoms with E-state index in [1.165, 1.54) is 4.68 Å². The van der Waals surface area contributed by atoms with Crippen molar-refractivity contribution in [3.63, 3.8) is 0 Å². The van der Waals surface area contributed by atoms with E-state index in [1.807, 2.05) is 20.8 Å². The van der Waals surface area contributed by atoms with Crippen molar-refractivity contribution in [1.29, 1.82) is 0 Å². The normalized spacial score (nSPS) is 13.9. The van der Waals surface area contributed by atoms with E-state index in [1.54, 1.807) is 88.3 Å². The summed E-state index contributed by atoms with van der Waals surface area (Å²) in [7, 11) is 1.66. The minimum absolute atomic E-state index is 0.0340. The minimum Gasteiger partial charge on any atom is -0.394 e. The molecule has 2 atom stereocenters. The van der Waals surface area contributed by atoms with Gasteiger partial charge in [-0.2, -0.15) is 5.10 Å². The van der Waals surface area contributed by atoms with Crippen LogP contribution in [0.3, 0.4) is 0 Å². The molecule has 0 saturated carbocycles. The van der Waals surface area contributed by atoms with Crippen LogP contribution in [0.4, 0.5) is 11.9 Å². The van der Waals surface area contributed by atoms with Crippen molar-refractivity contribution < 1.29 is 71.7 Å². The molecule has 466 valence electrons. The lowest BCUT2D eigenvalue weighted by molar-refractivity contribution is -0.678. The molecule has 28 nitrogen and oxygen atoms in total. The Bertz CT molecular complexity index is 2970. The third kappa shape index (κ3) is 22.0. The number of nitrogens with zero attached hydrogens (tertiary/aromatic N) is 8. The Morgan fingerprint density at radius 1 is 0.800 bits per heavy atom. The zero-order valence-electron chi connectivity index (χ0n) is 49.7. The maximum atomic E-state index is 14.1. The van der Waals surface area contributed by atoms with Gasteiger partial charge in [0.05, 0.1) is 113 Å². The quantitative estimate of drug-likeness (QED) is 0.0189. The minimum atomic E-state index is -0.662. The van der Waals surface area contributed by atoms with Crippen LogP contribution in [0.2, 0.25) is 0 Å². The Kier molecular flexibility index (Phi) is 29.0. The van der Waals surface area contributed by atoms with Crippen LogP contribution >= 0.6 is 0 Å². The van der Waals surface area contributed by atoms with Gasteiger partial charge in [-0.1, -0.05) is 6.08 Å². The number of anilines is 2. The zero-order valence-corrected chi connectivity index (χ0v) is 49.7. The first-order valence-electron chi connectivity index (χ1n) is 28.4. The Labute approximate surface area is 494 Å². The summed E-state index contributed by atoms with van der Waals surface area (Å²) in [6, 6.07) is 6.30. The van der Waals surface area contributed by atoms with Crippen LogP contribution in [-0.4, -0.2) is 210 Å². The summed E-state index contributed by atoms with van der Waals surface area (Å²) in [6.45, 7) is 18.3. The number of rotatable bonds is 42. The summed E-state index contributed by atoms with van der Waals surface area (Å²) in [5.41, 5.74) is 15.0. The summed E-state index contributed by atoms with van der Waals surface area (Å²) >= 11 is 0. The Morgan fingerprint density at radius 3 is 2.01 bits per heavy atom. The van der Waals surface area contributed by atoms with Crippen molar-refractivity contribution in [2.45, 2.75) is 85.5 Å². The molecular formula is C57H85N14O14+. The largest absolute Gasteiger partial charge is 0.394 e. The van der Waals surface area contributed by atoms with Crippen LogP contribution in [0.15, 0.2) is 47.7 Å². The number of imidazole rings is 2. The van der Waals surface area contributed by atoms with Crippen molar-refractivity contribution in [3.05, 3.63) is 76.0 Å². The van der Waals surface area contributed by atoms with Crippen molar-refractivity contribution in [2.75, 3.05) is 123 Å². The number of benzene rings is 1. The maximum Gasteiger partial charge on any atom is 0.280 e. The molecule has 3 aromatic heterocycles. The number of carbonyl (C=O) groups is 6. The summed E-state index contributed by atoms with van der Waals surface area (Å²) in [6.07, 6.45) is 7.71. The average molecular weight is 1190 g/mol. The maximum absolute atomic E-state index is 14.1. The molecule has 9 N–H and O–H groups in total. The molecule has 0 fully saturated rings. The SMILES string of the molecule is C=[N+]1C(C)C=C(C(=O)Nc2nc(/C=C(\C)C(N)=O)c(/C=C\C)n2CCC(CCn2c(NC(=O)c3cc(C)nn3C)nc3cc(C(N)=O)ccc32)OCC(=O)NCCOCCOCCOCCCOCCC(=O)NCCOCCOCCO)N1CC. The highest BCUT2D eigenvalue weighted by Crippen LogP contribution is 2.27. The average Bonchev–Trinajstić information content (AvgIpc) is 2.39. The number of allylic oxidation sites excluding steroid dienone is 1. The van der Waals surface area contributed by atoms with E-state index in [9.17, 15) is 28.8 Å². The molecule has 28 heteroatoms. The number of hydrogen-bond donors (Lipinski definition) is 7. The van der Waals surface area contributed by atoms with Crippen LogP contribution in [0.25, 0.3) is 23.2 Å². The van der Waals surface area contributed by atoms with Gasteiger partial charge in [-0.3, -0.25) is 44.1 Å². The van der Waals surface area contributed by atoms with E-state index in [4.69, 9.17) is 59.7 Å². The lowest BCUT2D eigenvalue weighted by Gasteiger charge is -2.21. The van der Waals surface area contributed by atoms with Gasteiger partial charge in [0, 0.05) is 77.0 Å². The van der Waals surface area contributed by atoms with Crippen LogP contribution in [0.1, 0.15) is 91.3 Å². The fourth-order valence-electron chi connectivity index (χ4n) is 8.76. The van der Waals surface area contributed by atoms with Crippen LogP contribution in [0.5, 0.6) is 0 Å². The van der Waals surface area contributed by atoms with E-state index in [-0.39, 0.29) is 113 Å². The number of hydrogen-bond acceptors (Lipinski definition) is 18. The second kappa shape index (κ2) is 36.2. The van der Waals surface area contributed by atoms with Gasteiger partial charge < -0.3 is 69.5 Å². The second-order valence-corrected chi connectivity index (χ2v) is 19.6. The molecule has 6 amide bonds. The molecule has 0 aliphatic carbocycles. The number of aryl methyl sites for hydroxylation is 3. The second-order valence-electron chi connectivity index (χ2n) is 19.6. The van der Waals surface area contributed by atoms with Crippen molar-refractivity contribution in [2.24, 2.45) is 18.5 Å². The molecule has 1 aromatic carbocycles. The Hall–Kier alpha value is -7.70. The Balaban J connectivity index is 1.18. The number of aliphatic hydroxyl groups is 1. The summed E-state index contributed by atoms with van der Waals surface area (Å²) in [5, 5.41) is 26.2. The summed E-state index contributed by atoms with van der Waals surface area (Å²) < 4.78 is 46.0. The van der Waals surface area contributed by atoms with E-state index in [2.05, 4.69) is 33.1 Å². The van der Waals surface area contributed by atoms with Gasteiger partial charge in [0.2, 0.25) is 35.5 Å². The third-order valence-corrected chi connectivity index (χ3v) is 13.1. The summed E-state index contributed by atoms with van der Waals surface area (Å²) in [4.78, 5) is 87.1. The summed E-state index contributed by atoms with van der Waals surface area (Å²) in [5.74, 6) is -2.37. The van der Waals surface area contributed by atoms with Gasteiger partial charge in [0.1, 0.15) is 12.3 Å². The van der Waals surface area contributed by atoms with Crippen molar-refractivity contribution >= 4 is 77.2 Å². The van der Waals surface area contributed by atoms with Gasteiger partial charge >= 0.3 is 0 Å². The standard InChI is InChI=1S/C57H84N14O14/c1-8-11-46-44(34-39(3)52(58)75)62-56(65-55(78)49-36-41(5)68(7)71(49)9-2)69(46)19-14-43(15-20-70-47-13-12-42(53(59)76)37-45(47)63-57(70)64-54(77)48-35-40(4)66-67(48)6)85-38-51(74)61-18-26-82-30-33-84-32-28-80-23-10-22-79-24-16-50(73)60-17-25-81-29-31-83-27-21-72/h8,11-13,34-37,41,43,72H,7,9-10,14-33,38H2,1-6H3,(H7-,58,59,60,61,62,63,64,65,73,74,75,76,77,78)/p+1/b11-8-,39-34+. The molecule has 1 aliphatic heterocycles. The first-order chi connectivity index (χ1) is 40.9. The van der Waals surface area contributed by atoms with Crippen molar-refractivity contribution in [1.82, 2.24) is 44.5 Å². The highest BCUT2D eigenvalue weighted by atomic mass is 16.5. The molecule has 1 aliphatic rings. The van der Waals surface area contributed by atoms with Crippen molar-refractivity contribution in [3.8, 4) is 0 Å². The monoisotopic (exact) mass is 1190 g/mol. The van der Waals surface area contributed by atoms with Crippen LogP contribution < -0.4 is 32.7 Å². The topological polar surface area (TPSA) is 347 Å². The molecular weight excluding hydrogens is 1100 g/mol. The smallest absolute Gasteiger partial charge is 0.280 e. The van der Waals surface area contributed by atoms with E-state index >= 15 is 0 Å². The van der Waals surface area contributed by atoms with Crippen LogP contribution in [-0.2, 0) is 72.5 Å². The molecule has 5 rings (SSSR count). The van der Waals surface area contributed by atoms with E-state index in [0.717, 1.165) is 0 Å². The first-order valence-corrected chi connectivity index (χ1v) is 28.4. The van der Waals surface area contributed by atoms with Gasteiger partial charge in [-0.15, -0.1) is 9.69 Å². The van der Waals surface area contributed by atoms with E-state index in [0.29, 0.717) is 113 Å². The number of likely N-dealkylation sites (N-methyl/N-ethyl adjacent to an activating group) is 1. The number of amides is 6. The molecule has 4 aromatic rings. The highest BCUT2D eigenvalue weighted by Gasteiger charge is 2.35. The molecule has 0 bridgehead atoms. The lowest BCUT2D eigenvalue weighted by atomic mass is 10.1. The van der Waals surface area contributed by atoms with Gasteiger partial charge in [0.15, 0.2) is 18.5 Å². The number of carbonyl (C=O) groups excluding carboxylic acids is 6. The first kappa shape index (κ1) is 68.1. The lowest BCUT2D eigenvalue weighted by Crippen LogP contribution is -2.35. The van der Waals surface area contributed by atoms with Crippen LogP contribution in [0, 0.1) is 6.92 Å². The number of nitrogens with two attached hydrogens (primary N) is 2. The number of ether oxygens (including phenoxy) is 7.